The zero-order valence-corrected chi connectivity index (χ0v) is 10.6. The monoisotopic (exact) mass is 275 g/mol. The van der Waals surface area contributed by atoms with Gasteiger partial charge in [-0.15, -0.1) is 0 Å². The summed E-state index contributed by atoms with van der Waals surface area (Å²) in [4.78, 5) is 11.6. The molecule has 1 rings (SSSR count). The van der Waals surface area contributed by atoms with E-state index in [-0.39, 0.29) is 5.91 Å². The topological polar surface area (TPSA) is 29.1 Å². The van der Waals surface area contributed by atoms with Gasteiger partial charge >= 0.3 is 0 Å². The summed E-state index contributed by atoms with van der Waals surface area (Å²) >= 11 is 4.93. The number of rotatable bonds is 5. The molecule has 2 nitrogen and oxygen atoms in total. The number of aryl methyl sites for hydroxylation is 1. The number of unbranched alkanes of at least 4 members (excludes halogenated alkanes) is 1. The molecule has 0 saturated carbocycles. The zero-order chi connectivity index (χ0) is 10.4. The van der Waals surface area contributed by atoms with Crippen molar-refractivity contribution in [3.05, 3.63) is 21.9 Å². The van der Waals surface area contributed by atoms with Crippen LogP contribution in [0.25, 0.3) is 0 Å². The SMILES string of the molecule is Cc1cscc1C(=O)NCCCCBr. The van der Waals surface area contributed by atoms with Gasteiger partial charge < -0.3 is 5.32 Å². The van der Waals surface area contributed by atoms with Gasteiger partial charge in [0.2, 0.25) is 0 Å². The van der Waals surface area contributed by atoms with Crippen LogP contribution in [-0.2, 0) is 0 Å². The Morgan fingerprint density at radius 2 is 2.29 bits per heavy atom. The number of carbonyl (C=O) groups is 1. The first-order valence-electron chi connectivity index (χ1n) is 4.62. The number of alkyl halides is 1. The average molecular weight is 276 g/mol. The summed E-state index contributed by atoms with van der Waals surface area (Å²) in [5.74, 6) is 0.0540. The predicted octanol–water partition coefficient (Wildman–Crippen LogP) is 2.96. The summed E-state index contributed by atoms with van der Waals surface area (Å²) in [6, 6.07) is 0. The minimum Gasteiger partial charge on any atom is -0.352 e. The highest BCUT2D eigenvalue weighted by atomic mass is 79.9. The van der Waals surface area contributed by atoms with E-state index < -0.39 is 0 Å². The lowest BCUT2D eigenvalue weighted by Gasteiger charge is -2.03. The number of halogens is 1. The van der Waals surface area contributed by atoms with Gasteiger partial charge in [0.1, 0.15) is 0 Å². The van der Waals surface area contributed by atoms with Crippen LogP contribution in [0, 0.1) is 6.92 Å². The molecule has 0 radical (unpaired) electrons. The van der Waals surface area contributed by atoms with Crippen LogP contribution in [0.2, 0.25) is 0 Å². The molecular weight excluding hydrogens is 262 g/mol. The van der Waals surface area contributed by atoms with Crippen LogP contribution in [0.5, 0.6) is 0 Å². The van der Waals surface area contributed by atoms with E-state index in [0.717, 1.165) is 35.8 Å². The van der Waals surface area contributed by atoms with Gasteiger partial charge in [0.25, 0.3) is 5.91 Å². The average Bonchev–Trinajstić information content (AvgIpc) is 2.59. The second kappa shape index (κ2) is 6.19. The molecule has 1 aromatic rings. The first kappa shape index (κ1) is 11.7. The molecule has 0 aromatic carbocycles. The molecule has 14 heavy (non-hydrogen) atoms. The van der Waals surface area contributed by atoms with Crippen molar-refractivity contribution in [2.24, 2.45) is 0 Å². The van der Waals surface area contributed by atoms with Crippen molar-refractivity contribution >= 4 is 33.2 Å². The molecule has 0 unspecified atom stereocenters. The summed E-state index contributed by atoms with van der Waals surface area (Å²) in [5.41, 5.74) is 1.88. The van der Waals surface area contributed by atoms with Crippen LogP contribution in [-0.4, -0.2) is 17.8 Å². The van der Waals surface area contributed by atoms with Gasteiger partial charge in [-0.25, -0.2) is 0 Å². The second-order valence-corrected chi connectivity index (χ2v) is 4.66. The molecule has 0 aliphatic rings. The molecule has 0 fully saturated rings. The lowest BCUT2D eigenvalue weighted by molar-refractivity contribution is 0.0953. The molecule has 1 amide bonds. The number of thiophene rings is 1. The Kier molecular flexibility index (Phi) is 5.19. The van der Waals surface area contributed by atoms with Gasteiger partial charge in [0.05, 0.1) is 5.56 Å². The third kappa shape index (κ3) is 3.42. The molecule has 0 saturated heterocycles. The van der Waals surface area contributed by atoms with Crippen molar-refractivity contribution in [2.75, 3.05) is 11.9 Å². The highest BCUT2D eigenvalue weighted by Gasteiger charge is 2.07. The van der Waals surface area contributed by atoms with Crippen LogP contribution >= 0.6 is 27.3 Å². The highest BCUT2D eigenvalue weighted by Crippen LogP contribution is 2.13. The quantitative estimate of drug-likeness (QED) is 0.650. The molecule has 1 heterocycles. The van der Waals surface area contributed by atoms with Crippen molar-refractivity contribution in [2.45, 2.75) is 19.8 Å². The molecule has 1 N–H and O–H groups in total. The van der Waals surface area contributed by atoms with Crippen molar-refractivity contribution in [1.82, 2.24) is 5.32 Å². The molecule has 0 spiro atoms. The van der Waals surface area contributed by atoms with Crippen LogP contribution in [0.4, 0.5) is 0 Å². The summed E-state index contributed by atoms with van der Waals surface area (Å²) in [6.45, 7) is 2.73. The van der Waals surface area contributed by atoms with Crippen molar-refractivity contribution in [3.63, 3.8) is 0 Å². The Balaban J connectivity index is 2.32. The summed E-state index contributed by atoms with van der Waals surface area (Å²) in [6.07, 6.45) is 2.13. The van der Waals surface area contributed by atoms with Gasteiger partial charge in [-0.2, -0.15) is 11.3 Å². The fraction of sp³-hybridized carbons (Fsp3) is 0.500. The number of carbonyl (C=O) groups excluding carboxylic acids is 1. The Bertz CT molecular complexity index is 298. The van der Waals surface area contributed by atoms with E-state index in [0.29, 0.717) is 0 Å². The van der Waals surface area contributed by atoms with Crippen molar-refractivity contribution in [1.29, 1.82) is 0 Å². The van der Waals surface area contributed by atoms with E-state index in [1.807, 2.05) is 17.7 Å². The smallest absolute Gasteiger partial charge is 0.252 e. The number of hydrogen-bond acceptors (Lipinski definition) is 2. The molecule has 1 aromatic heterocycles. The minimum atomic E-state index is 0.0540. The minimum absolute atomic E-state index is 0.0540. The number of hydrogen-bond donors (Lipinski definition) is 1. The third-order valence-corrected chi connectivity index (χ3v) is 3.37. The summed E-state index contributed by atoms with van der Waals surface area (Å²) in [7, 11) is 0. The highest BCUT2D eigenvalue weighted by molar-refractivity contribution is 9.09. The van der Waals surface area contributed by atoms with Gasteiger partial charge in [0.15, 0.2) is 0 Å². The third-order valence-electron chi connectivity index (χ3n) is 1.95. The second-order valence-electron chi connectivity index (χ2n) is 3.12. The number of amides is 1. The maximum absolute atomic E-state index is 11.6. The van der Waals surface area contributed by atoms with Crippen LogP contribution in [0.1, 0.15) is 28.8 Å². The molecular formula is C10H14BrNOS. The molecule has 0 bridgehead atoms. The summed E-state index contributed by atoms with van der Waals surface area (Å²) < 4.78 is 0. The Labute approximate surface area is 96.8 Å². The first-order valence-corrected chi connectivity index (χ1v) is 6.69. The fourth-order valence-corrected chi connectivity index (χ4v) is 2.33. The first-order chi connectivity index (χ1) is 6.75. The normalized spacial score (nSPS) is 10.1. The van der Waals surface area contributed by atoms with Crippen molar-refractivity contribution in [3.8, 4) is 0 Å². The number of nitrogens with one attached hydrogen (secondary N) is 1. The maximum atomic E-state index is 11.6. The van der Waals surface area contributed by atoms with E-state index in [4.69, 9.17) is 0 Å². The largest absolute Gasteiger partial charge is 0.352 e. The molecule has 4 heteroatoms. The Morgan fingerprint density at radius 3 is 2.86 bits per heavy atom. The molecule has 0 atom stereocenters. The Morgan fingerprint density at radius 1 is 1.50 bits per heavy atom. The lowest BCUT2D eigenvalue weighted by atomic mass is 10.2. The van der Waals surface area contributed by atoms with Gasteiger partial charge in [-0.3, -0.25) is 4.79 Å². The maximum Gasteiger partial charge on any atom is 0.252 e. The summed E-state index contributed by atoms with van der Waals surface area (Å²) in [5, 5.41) is 7.80. The molecule has 0 aliphatic carbocycles. The van der Waals surface area contributed by atoms with Gasteiger partial charge in [0, 0.05) is 17.3 Å². The van der Waals surface area contributed by atoms with Crippen molar-refractivity contribution < 1.29 is 4.79 Å². The van der Waals surface area contributed by atoms with E-state index in [9.17, 15) is 4.79 Å². The lowest BCUT2D eigenvalue weighted by Crippen LogP contribution is -2.24. The fourth-order valence-electron chi connectivity index (χ4n) is 1.11. The van der Waals surface area contributed by atoms with E-state index in [1.165, 1.54) is 0 Å². The zero-order valence-electron chi connectivity index (χ0n) is 8.18. The van der Waals surface area contributed by atoms with E-state index in [1.54, 1.807) is 11.3 Å². The predicted molar refractivity (Wildman–Crippen MR) is 64.4 cm³/mol. The van der Waals surface area contributed by atoms with Gasteiger partial charge in [-0.1, -0.05) is 15.9 Å². The molecule has 78 valence electrons. The van der Waals surface area contributed by atoms with Crippen LogP contribution in [0.15, 0.2) is 10.8 Å². The Hall–Kier alpha value is -0.350. The molecule has 0 aliphatic heterocycles. The van der Waals surface area contributed by atoms with Crippen LogP contribution in [0.3, 0.4) is 0 Å². The van der Waals surface area contributed by atoms with E-state index >= 15 is 0 Å². The van der Waals surface area contributed by atoms with E-state index in [2.05, 4.69) is 21.2 Å². The standard InChI is InChI=1S/C10H14BrNOS/c1-8-6-14-7-9(8)10(13)12-5-3-2-4-11/h6-7H,2-5H2,1H3,(H,12,13). The van der Waals surface area contributed by atoms with Gasteiger partial charge in [-0.05, 0) is 30.7 Å². The van der Waals surface area contributed by atoms with Crippen LogP contribution < -0.4 is 5.32 Å².